The normalized spacial score (nSPS) is 43.9. The van der Waals surface area contributed by atoms with Gasteiger partial charge in [0, 0.05) is 11.8 Å². The molecule has 2 heteroatoms. The van der Waals surface area contributed by atoms with Crippen molar-refractivity contribution in [3.8, 4) is 0 Å². The number of Topliss-reactive ketones (excluding diaryl/α,β-unsaturated/α-hetero) is 1. The molecule has 0 unspecified atom stereocenters. The molecule has 18 heavy (non-hydrogen) atoms. The van der Waals surface area contributed by atoms with Crippen LogP contribution in [0, 0.1) is 5.41 Å². The largest absolute Gasteiger partial charge is 0.369 e. The zero-order valence-electron chi connectivity index (χ0n) is 10.9. The van der Waals surface area contributed by atoms with Crippen molar-refractivity contribution in [1.29, 1.82) is 0 Å². The summed E-state index contributed by atoms with van der Waals surface area (Å²) in [6.07, 6.45) is 2.28. The van der Waals surface area contributed by atoms with Gasteiger partial charge in [0.1, 0.15) is 11.4 Å². The molecule has 4 rings (SSSR count). The van der Waals surface area contributed by atoms with Crippen molar-refractivity contribution < 1.29 is 9.53 Å². The zero-order valence-corrected chi connectivity index (χ0v) is 10.9. The van der Waals surface area contributed by atoms with E-state index in [1.165, 1.54) is 11.1 Å². The van der Waals surface area contributed by atoms with Crippen LogP contribution in [0.3, 0.4) is 0 Å². The first-order valence-electron chi connectivity index (χ1n) is 6.85. The van der Waals surface area contributed by atoms with E-state index in [4.69, 9.17) is 4.74 Å². The number of carbonyl (C=O) groups is 1. The van der Waals surface area contributed by atoms with Gasteiger partial charge >= 0.3 is 0 Å². The number of ether oxygens (including phenoxy) is 1. The lowest BCUT2D eigenvalue weighted by molar-refractivity contribution is -0.131. The number of ketones is 1. The van der Waals surface area contributed by atoms with Crippen LogP contribution < -0.4 is 0 Å². The van der Waals surface area contributed by atoms with Gasteiger partial charge in [-0.15, -0.1) is 0 Å². The van der Waals surface area contributed by atoms with Crippen LogP contribution >= 0.6 is 0 Å². The Hall–Kier alpha value is -1.15. The van der Waals surface area contributed by atoms with Gasteiger partial charge in [0.15, 0.2) is 0 Å². The SMILES string of the molecule is CC(=O)C1([C@@]2(C)CO2)[C@H]2CC[C@H]1c1ccccc12. The maximum Gasteiger partial charge on any atom is 0.140 e. The van der Waals surface area contributed by atoms with E-state index >= 15 is 0 Å². The third kappa shape index (κ3) is 0.947. The van der Waals surface area contributed by atoms with Crippen molar-refractivity contribution in [2.24, 2.45) is 5.41 Å². The summed E-state index contributed by atoms with van der Waals surface area (Å²) in [7, 11) is 0. The number of hydrogen-bond donors (Lipinski definition) is 0. The maximum atomic E-state index is 12.5. The van der Waals surface area contributed by atoms with Gasteiger partial charge < -0.3 is 4.74 Å². The van der Waals surface area contributed by atoms with Crippen LogP contribution in [0.15, 0.2) is 24.3 Å². The van der Waals surface area contributed by atoms with Crippen LogP contribution in [0.5, 0.6) is 0 Å². The monoisotopic (exact) mass is 242 g/mol. The molecule has 94 valence electrons. The molecule has 3 aliphatic rings. The average molecular weight is 242 g/mol. The van der Waals surface area contributed by atoms with Gasteiger partial charge in [-0.2, -0.15) is 0 Å². The fraction of sp³-hybridized carbons (Fsp3) is 0.562. The van der Waals surface area contributed by atoms with Crippen molar-refractivity contribution in [2.45, 2.75) is 44.1 Å². The molecule has 0 aromatic heterocycles. The van der Waals surface area contributed by atoms with Gasteiger partial charge in [0.25, 0.3) is 0 Å². The molecular weight excluding hydrogens is 224 g/mol. The standard InChI is InChI=1S/C16H18O2/c1-10(17)16(15(2)9-18-15)13-7-8-14(16)12-6-4-3-5-11(12)13/h3-6,13-14H,7-9H2,1-2H3/t13-,14-,15+/m0/s1. The maximum absolute atomic E-state index is 12.5. The summed E-state index contributed by atoms with van der Waals surface area (Å²) in [6, 6.07) is 8.62. The minimum atomic E-state index is -0.281. The van der Waals surface area contributed by atoms with Crippen molar-refractivity contribution in [2.75, 3.05) is 6.61 Å². The second kappa shape index (κ2) is 3.05. The molecule has 2 bridgehead atoms. The molecular formula is C16H18O2. The molecule has 1 aromatic carbocycles. The molecule has 1 aliphatic heterocycles. The van der Waals surface area contributed by atoms with Crippen LogP contribution in [0.25, 0.3) is 0 Å². The molecule has 0 spiro atoms. The summed E-state index contributed by atoms with van der Waals surface area (Å²) in [5, 5.41) is 0. The van der Waals surface area contributed by atoms with Crippen LogP contribution in [-0.2, 0) is 9.53 Å². The van der Waals surface area contributed by atoms with Crippen LogP contribution in [0.1, 0.15) is 49.7 Å². The van der Waals surface area contributed by atoms with Crippen molar-refractivity contribution in [1.82, 2.24) is 0 Å². The molecule has 1 heterocycles. The summed E-state index contributed by atoms with van der Waals surface area (Å²) < 4.78 is 5.74. The molecule has 1 aromatic rings. The Morgan fingerprint density at radius 2 is 1.72 bits per heavy atom. The van der Waals surface area contributed by atoms with E-state index in [9.17, 15) is 4.79 Å². The van der Waals surface area contributed by atoms with Gasteiger partial charge in [0.2, 0.25) is 0 Å². The molecule has 3 atom stereocenters. The first-order valence-corrected chi connectivity index (χ1v) is 6.85. The summed E-state index contributed by atoms with van der Waals surface area (Å²) in [5.41, 5.74) is 2.31. The molecule has 0 radical (unpaired) electrons. The number of rotatable bonds is 2. The summed E-state index contributed by atoms with van der Waals surface area (Å²) in [4.78, 5) is 12.5. The van der Waals surface area contributed by atoms with E-state index < -0.39 is 0 Å². The highest BCUT2D eigenvalue weighted by atomic mass is 16.6. The van der Waals surface area contributed by atoms with E-state index in [1.807, 2.05) is 0 Å². The Morgan fingerprint density at radius 1 is 1.22 bits per heavy atom. The highest BCUT2D eigenvalue weighted by molar-refractivity contribution is 5.89. The fourth-order valence-electron chi connectivity index (χ4n) is 4.93. The van der Waals surface area contributed by atoms with Crippen molar-refractivity contribution in [3.63, 3.8) is 0 Å². The topological polar surface area (TPSA) is 29.6 Å². The highest BCUT2D eigenvalue weighted by Gasteiger charge is 2.72. The quantitative estimate of drug-likeness (QED) is 0.746. The lowest BCUT2D eigenvalue weighted by Crippen LogP contribution is -2.45. The summed E-state index contributed by atoms with van der Waals surface area (Å²) in [6.45, 7) is 4.64. The van der Waals surface area contributed by atoms with Gasteiger partial charge in [-0.05, 0) is 37.8 Å². The van der Waals surface area contributed by atoms with Crippen molar-refractivity contribution >= 4 is 5.78 Å². The number of fused-ring (bicyclic) bond motifs is 5. The zero-order chi connectivity index (χ0) is 12.5. The number of benzene rings is 1. The van der Waals surface area contributed by atoms with E-state index in [0.717, 1.165) is 19.4 Å². The van der Waals surface area contributed by atoms with Gasteiger partial charge in [-0.3, -0.25) is 4.79 Å². The first kappa shape index (κ1) is 10.7. The van der Waals surface area contributed by atoms with Crippen LogP contribution in [0.4, 0.5) is 0 Å². The third-order valence-corrected chi connectivity index (χ3v) is 5.63. The molecule has 0 N–H and O–H groups in total. The van der Waals surface area contributed by atoms with E-state index in [2.05, 4.69) is 31.2 Å². The van der Waals surface area contributed by atoms with Crippen molar-refractivity contribution in [3.05, 3.63) is 35.4 Å². The summed E-state index contributed by atoms with van der Waals surface area (Å²) in [5.74, 6) is 1.08. The van der Waals surface area contributed by atoms with Gasteiger partial charge in [0.05, 0.1) is 12.0 Å². The second-order valence-corrected chi connectivity index (χ2v) is 6.26. The second-order valence-electron chi connectivity index (χ2n) is 6.26. The Morgan fingerprint density at radius 3 is 2.11 bits per heavy atom. The smallest absolute Gasteiger partial charge is 0.140 e. The van der Waals surface area contributed by atoms with Crippen LogP contribution in [0.2, 0.25) is 0 Å². The minimum Gasteiger partial charge on any atom is -0.369 e. The number of hydrogen-bond acceptors (Lipinski definition) is 2. The fourth-order valence-corrected chi connectivity index (χ4v) is 4.93. The minimum absolute atomic E-state index is 0.219. The number of epoxide rings is 1. The number of carbonyl (C=O) groups excluding carboxylic acids is 1. The molecule has 2 aliphatic carbocycles. The third-order valence-electron chi connectivity index (χ3n) is 5.63. The predicted octanol–water partition coefficient (Wildman–Crippen LogP) is 3.03. The average Bonchev–Trinajstić information content (AvgIpc) is 2.91. The van der Waals surface area contributed by atoms with E-state index in [1.54, 1.807) is 6.92 Å². The Labute approximate surface area is 107 Å². The van der Waals surface area contributed by atoms with E-state index in [-0.39, 0.29) is 11.0 Å². The molecule has 1 saturated carbocycles. The van der Waals surface area contributed by atoms with Gasteiger partial charge in [-0.1, -0.05) is 24.3 Å². The molecule has 2 fully saturated rings. The Balaban J connectivity index is 1.97. The summed E-state index contributed by atoms with van der Waals surface area (Å²) >= 11 is 0. The predicted molar refractivity (Wildman–Crippen MR) is 68.6 cm³/mol. The lowest BCUT2D eigenvalue weighted by atomic mass is 9.64. The highest BCUT2D eigenvalue weighted by Crippen LogP contribution is 2.72. The first-order chi connectivity index (χ1) is 8.61. The Bertz CT molecular complexity index is 511. The molecule has 2 nitrogen and oxygen atoms in total. The lowest BCUT2D eigenvalue weighted by Gasteiger charge is -2.36. The van der Waals surface area contributed by atoms with E-state index in [0.29, 0.717) is 17.6 Å². The molecule has 0 amide bonds. The van der Waals surface area contributed by atoms with Crippen LogP contribution in [-0.4, -0.2) is 18.0 Å². The Kier molecular flexibility index (Phi) is 1.82. The molecule has 1 saturated heterocycles. The van der Waals surface area contributed by atoms with Gasteiger partial charge in [-0.25, -0.2) is 0 Å².